The summed E-state index contributed by atoms with van der Waals surface area (Å²) in [6, 6.07) is 0. The van der Waals surface area contributed by atoms with Crippen LogP contribution in [0.4, 0.5) is 0 Å². The first kappa shape index (κ1) is 13.9. The van der Waals surface area contributed by atoms with E-state index >= 15 is 0 Å². The molecule has 0 heterocycles. The van der Waals surface area contributed by atoms with Crippen LogP contribution in [0.15, 0.2) is 47.6 Å². The van der Waals surface area contributed by atoms with Gasteiger partial charge in [0.1, 0.15) is 0 Å². The van der Waals surface area contributed by atoms with Gasteiger partial charge in [0.15, 0.2) is 0 Å². The Hall–Kier alpha value is -1.04. The van der Waals surface area contributed by atoms with Crippen LogP contribution in [0.5, 0.6) is 0 Å². The van der Waals surface area contributed by atoms with E-state index in [-0.39, 0.29) is 0 Å². The summed E-state index contributed by atoms with van der Waals surface area (Å²) in [5, 5.41) is 0. The van der Waals surface area contributed by atoms with E-state index in [4.69, 9.17) is 0 Å². The summed E-state index contributed by atoms with van der Waals surface area (Å²) >= 11 is 0. The topological polar surface area (TPSA) is 0 Å². The summed E-state index contributed by atoms with van der Waals surface area (Å²) in [4.78, 5) is 0. The van der Waals surface area contributed by atoms with Crippen molar-refractivity contribution < 1.29 is 0 Å². The third kappa shape index (κ3) is 2.71. The van der Waals surface area contributed by atoms with Crippen LogP contribution in [0, 0.1) is 17.8 Å². The van der Waals surface area contributed by atoms with Crippen LogP contribution in [-0.4, -0.2) is 0 Å². The molecule has 0 aromatic heterocycles. The lowest BCUT2D eigenvalue weighted by atomic mass is 9.67. The Labute approximate surface area is 124 Å². The molecular formula is C20H28. The number of rotatable bonds is 3. The zero-order valence-electron chi connectivity index (χ0n) is 12.9. The largest absolute Gasteiger partial charge is 0.0955 e. The molecule has 0 aromatic rings. The summed E-state index contributed by atoms with van der Waals surface area (Å²) in [6.45, 7) is 6.67. The van der Waals surface area contributed by atoms with E-state index in [1.54, 1.807) is 5.57 Å². The molecule has 2 atom stereocenters. The van der Waals surface area contributed by atoms with Gasteiger partial charge in [0, 0.05) is 5.92 Å². The molecule has 1 saturated carbocycles. The molecule has 0 aromatic carbocycles. The normalized spacial score (nSPS) is 32.2. The van der Waals surface area contributed by atoms with Gasteiger partial charge in [-0.2, -0.15) is 0 Å². The molecule has 0 N–H and O–H groups in total. The summed E-state index contributed by atoms with van der Waals surface area (Å²) in [5.41, 5.74) is 4.56. The van der Waals surface area contributed by atoms with Crippen molar-refractivity contribution in [3.8, 4) is 0 Å². The second kappa shape index (κ2) is 6.16. The van der Waals surface area contributed by atoms with Gasteiger partial charge in [-0.3, -0.25) is 0 Å². The first-order valence-corrected chi connectivity index (χ1v) is 8.50. The van der Waals surface area contributed by atoms with Gasteiger partial charge in [-0.25, -0.2) is 0 Å². The SMILES string of the molecule is C=C(CC1CCCC1)C1=CCCC2CC=C/C(=C/C)C12. The van der Waals surface area contributed by atoms with Gasteiger partial charge in [0.2, 0.25) is 0 Å². The molecule has 3 aliphatic carbocycles. The number of fused-ring (bicyclic) bond motifs is 1. The smallest absolute Gasteiger partial charge is 0.0117 e. The molecule has 1 fully saturated rings. The van der Waals surface area contributed by atoms with E-state index in [1.807, 2.05) is 0 Å². The molecule has 0 aliphatic heterocycles. The Bertz CT molecular complexity index is 454. The Balaban J connectivity index is 1.78. The molecule has 0 radical (unpaired) electrons. The highest BCUT2D eigenvalue weighted by Gasteiger charge is 2.32. The third-order valence-electron chi connectivity index (χ3n) is 5.57. The van der Waals surface area contributed by atoms with Gasteiger partial charge < -0.3 is 0 Å². The molecule has 20 heavy (non-hydrogen) atoms. The van der Waals surface area contributed by atoms with E-state index < -0.39 is 0 Å². The van der Waals surface area contributed by atoms with E-state index in [0.717, 1.165) is 11.8 Å². The maximum atomic E-state index is 4.48. The van der Waals surface area contributed by atoms with Gasteiger partial charge in [-0.15, -0.1) is 0 Å². The molecule has 3 rings (SSSR count). The summed E-state index contributed by atoms with van der Waals surface area (Å²) in [6.07, 6.45) is 20.4. The van der Waals surface area contributed by atoms with Crippen molar-refractivity contribution in [3.63, 3.8) is 0 Å². The molecule has 0 saturated heterocycles. The quantitative estimate of drug-likeness (QED) is 0.590. The monoisotopic (exact) mass is 268 g/mol. The van der Waals surface area contributed by atoms with Crippen molar-refractivity contribution in [1.29, 1.82) is 0 Å². The van der Waals surface area contributed by atoms with Crippen LogP contribution in [0.1, 0.15) is 58.3 Å². The van der Waals surface area contributed by atoms with Crippen molar-refractivity contribution in [1.82, 2.24) is 0 Å². The molecule has 2 unspecified atom stereocenters. The lowest BCUT2D eigenvalue weighted by Crippen LogP contribution is -2.25. The zero-order valence-corrected chi connectivity index (χ0v) is 12.9. The van der Waals surface area contributed by atoms with Crippen LogP contribution in [0.2, 0.25) is 0 Å². The molecule has 0 spiro atoms. The number of allylic oxidation sites excluding steroid dienone is 7. The van der Waals surface area contributed by atoms with Crippen molar-refractivity contribution in [2.24, 2.45) is 17.8 Å². The number of hydrogen-bond donors (Lipinski definition) is 0. The van der Waals surface area contributed by atoms with Gasteiger partial charge in [-0.1, -0.05) is 62.1 Å². The van der Waals surface area contributed by atoms with E-state index in [9.17, 15) is 0 Å². The first-order valence-electron chi connectivity index (χ1n) is 8.50. The minimum Gasteiger partial charge on any atom is -0.0955 e. The molecule has 0 nitrogen and oxygen atoms in total. The minimum atomic E-state index is 0.646. The van der Waals surface area contributed by atoms with Crippen molar-refractivity contribution in [3.05, 3.63) is 47.6 Å². The second-order valence-corrected chi connectivity index (χ2v) is 6.86. The maximum Gasteiger partial charge on any atom is 0.0117 e. The highest BCUT2D eigenvalue weighted by Crippen LogP contribution is 2.45. The predicted octanol–water partition coefficient (Wildman–Crippen LogP) is 5.98. The van der Waals surface area contributed by atoms with Gasteiger partial charge in [0.25, 0.3) is 0 Å². The average Bonchev–Trinajstić information content (AvgIpc) is 2.98. The summed E-state index contributed by atoms with van der Waals surface area (Å²) < 4.78 is 0. The Morgan fingerprint density at radius 2 is 2.10 bits per heavy atom. The molecule has 0 heteroatoms. The van der Waals surface area contributed by atoms with E-state index in [2.05, 4.69) is 37.8 Å². The summed E-state index contributed by atoms with van der Waals surface area (Å²) in [5.74, 6) is 2.39. The van der Waals surface area contributed by atoms with Gasteiger partial charge in [-0.05, 0) is 55.6 Å². The van der Waals surface area contributed by atoms with E-state index in [1.165, 1.54) is 62.5 Å². The highest BCUT2D eigenvalue weighted by atomic mass is 14.4. The van der Waals surface area contributed by atoms with Crippen LogP contribution in [0.25, 0.3) is 0 Å². The molecule has 0 amide bonds. The molecular weight excluding hydrogens is 240 g/mol. The standard InChI is InChI=1S/C20H28/c1-3-17-10-6-11-18-12-7-13-19(20(17)18)15(2)14-16-8-4-5-9-16/h3,6,10,13,16,18,20H,2,4-5,7-9,11-12,14H2,1H3/b17-3-. The Kier molecular flexibility index (Phi) is 4.29. The number of hydrogen-bond acceptors (Lipinski definition) is 0. The minimum absolute atomic E-state index is 0.646. The third-order valence-corrected chi connectivity index (χ3v) is 5.57. The van der Waals surface area contributed by atoms with E-state index in [0.29, 0.717) is 5.92 Å². The highest BCUT2D eigenvalue weighted by molar-refractivity contribution is 5.43. The van der Waals surface area contributed by atoms with Gasteiger partial charge >= 0.3 is 0 Å². The first-order chi connectivity index (χ1) is 9.79. The summed E-state index contributed by atoms with van der Waals surface area (Å²) in [7, 11) is 0. The lowest BCUT2D eigenvalue weighted by Gasteiger charge is -2.37. The zero-order chi connectivity index (χ0) is 13.9. The van der Waals surface area contributed by atoms with Crippen molar-refractivity contribution in [2.75, 3.05) is 0 Å². The maximum absolute atomic E-state index is 4.48. The Morgan fingerprint density at radius 1 is 1.30 bits per heavy atom. The van der Waals surface area contributed by atoms with Crippen LogP contribution >= 0.6 is 0 Å². The fourth-order valence-electron chi connectivity index (χ4n) is 4.51. The predicted molar refractivity (Wildman–Crippen MR) is 87.5 cm³/mol. The Morgan fingerprint density at radius 3 is 2.85 bits per heavy atom. The van der Waals surface area contributed by atoms with Gasteiger partial charge in [0.05, 0.1) is 0 Å². The second-order valence-electron chi connectivity index (χ2n) is 6.86. The fraction of sp³-hybridized carbons (Fsp3) is 0.600. The fourth-order valence-corrected chi connectivity index (χ4v) is 4.51. The van der Waals surface area contributed by atoms with Crippen LogP contribution < -0.4 is 0 Å². The van der Waals surface area contributed by atoms with Crippen molar-refractivity contribution in [2.45, 2.75) is 58.3 Å². The van der Waals surface area contributed by atoms with Crippen LogP contribution in [-0.2, 0) is 0 Å². The van der Waals surface area contributed by atoms with Crippen molar-refractivity contribution >= 4 is 0 Å². The molecule has 108 valence electrons. The lowest BCUT2D eigenvalue weighted by molar-refractivity contribution is 0.375. The molecule has 0 bridgehead atoms. The van der Waals surface area contributed by atoms with Crippen LogP contribution in [0.3, 0.4) is 0 Å². The average molecular weight is 268 g/mol. The molecule has 3 aliphatic rings.